The second-order valence-electron chi connectivity index (χ2n) is 6.78. The van der Waals surface area contributed by atoms with Gasteiger partial charge in [0.05, 0.1) is 11.9 Å². The molecule has 2 rings (SSSR count). The molecule has 5 nitrogen and oxygen atoms in total. The lowest BCUT2D eigenvalue weighted by molar-refractivity contribution is -0.117. The van der Waals surface area contributed by atoms with Crippen molar-refractivity contribution in [2.24, 2.45) is 0 Å². The molecule has 7 heteroatoms. The maximum absolute atomic E-state index is 12.9. The highest BCUT2D eigenvalue weighted by atomic mass is 35.5. The number of amides is 1. The molecular formula is C20H25ClN2O3S. The third kappa shape index (κ3) is 5.23. The van der Waals surface area contributed by atoms with Crippen LogP contribution in [-0.4, -0.2) is 26.6 Å². The molecule has 0 saturated carbocycles. The van der Waals surface area contributed by atoms with Crippen LogP contribution >= 0.6 is 11.6 Å². The molecule has 146 valence electrons. The van der Waals surface area contributed by atoms with E-state index >= 15 is 0 Å². The monoisotopic (exact) mass is 408 g/mol. The molecule has 0 aromatic heterocycles. The van der Waals surface area contributed by atoms with Gasteiger partial charge < -0.3 is 5.32 Å². The van der Waals surface area contributed by atoms with E-state index < -0.39 is 16.1 Å². The first-order chi connectivity index (χ1) is 12.5. The summed E-state index contributed by atoms with van der Waals surface area (Å²) in [6, 6.07) is 9.80. The van der Waals surface area contributed by atoms with E-state index in [9.17, 15) is 13.2 Å². The van der Waals surface area contributed by atoms with E-state index in [-0.39, 0.29) is 5.91 Å². The second kappa shape index (κ2) is 8.31. The smallest absolute Gasteiger partial charge is 0.248 e. The number of nitrogens with zero attached hydrogens (tertiary/aromatic N) is 1. The lowest BCUT2D eigenvalue weighted by Crippen LogP contribution is -2.47. The van der Waals surface area contributed by atoms with Crippen molar-refractivity contribution >= 4 is 38.9 Å². The van der Waals surface area contributed by atoms with Gasteiger partial charge in [-0.15, -0.1) is 0 Å². The highest BCUT2D eigenvalue weighted by Gasteiger charge is 2.31. The van der Waals surface area contributed by atoms with Crippen LogP contribution in [0.1, 0.15) is 30.0 Å². The number of rotatable bonds is 6. The summed E-state index contributed by atoms with van der Waals surface area (Å²) in [6.07, 6.45) is 1.41. The summed E-state index contributed by atoms with van der Waals surface area (Å²) in [7, 11) is -3.70. The molecule has 0 saturated heterocycles. The van der Waals surface area contributed by atoms with Crippen molar-refractivity contribution < 1.29 is 13.2 Å². The first-order valence-electron chi connectivity index (χ1n) is 8.67. The average Bonchev–Trinajstić information content (AvgIpc) is 2.53. The molecule has 0 aliphatic heterocycles. The first kappa shape index (κ1) is 21.3. The Bertz CT molecular complexity index is 937. The minimum Gasteiger partial charge on any atom is -0.324 e. The number of carbonyl (C=O) groups is 1. The van der Waals surface area contributed by atoms with E-state index in [0.29, 0.717) is 22.8 Å². The van der Waals surface area contributed by atoms with E-state index in [1.54, 1.807) is 25.1 Å². The van der Waals surface area contributed by atoms with Gasteiger partial charge in [0, 0.05) is 10.7 Å². The molecule has 1 unspecified atom stereocenters. The summed E-state index contributed by atoms with van der Waals surface area (Å²) in [6.45, 7) is 7.49. The van der Waals surface area contributed by atoms with E-state index in [4.69, 9.17) is 11.6 Å². The lowest BCUT2D eigenvalue weighted by atomic mass is 10.1. The Hall–Kier alpha value is -2.05. The molecule has 2 aromatic carbocycles. The van der Waals surface area contributed by atoms with Crippen molar-refractivity contribution in [3.05, 3.63) is 58.1 Å². The number of aryl methyl sites for hydroxylation is 3. The molecule has 27 heavy (non-hydrogen) atoms. The van der Waals surface area contributed by atoms with Gasteiger partial charge in [-0.25, -0.2) is 8.42 Å². The van der Waals surface area contributed by atoms with Gasteiger partial charge in [-0.2, -0.15) is 0 Å². The molecule has 0 aliphatic carbocycles. The zero-order chi connectivity index (χ0) is 20.4. The van der Waals surface area contributed by atoms with Gasteiger partial charge in [-0.1, -0.05) is 30.7 Å². The van der Waals surface area contributed by atoms with Crippen molar-refractivity contribution in [3.63, 3.8) is 0 Å². The Balaban J connectivity index is 2.42. The van der Waals surface area contributed by atoms with Crippen LogP contribution in [0.4, 0.5) is 11.4 Å². The number of halogens is 1. The normalized spacial score (nSPS) is 12.5. The Labute approximate surface area is 166 Å². The number of hydrogen-bond acceptors (Lipinski definition) is 3. The molecule has 0 spiro atoms. The van der Waals surface area contributed by atoms with Crippen LogP contribution < -0.4 is 9.62 Å². The Morgan fingerprint density at radius 1 is 1.11 bits per heavy atom. The zero-order valence-corrected chi connectivity index (χ0v) is 17.8. The van der Waals surface area contributed by atoms with Gasteiger partial charge in [-0.05, 0) is 68.1 Å². The number of anilines is 2. The molecular weight excluding hydrogens is 384 g/mol. The van der Waals surface area contributed by atoms with Gasteiger partial charge in [0.1, 0.15) is 6.04 Å². The summed E-state index contributed by atoms with van der Waals surface area (Å²) in [5, 5.41) is 3.29. The highest BCUT2D eigenvalue weighted by molar-refractivity contribution is 7.92. The molecule has 0 radical (unpaired) electrons. The van der Waals surface area contributed by atoms with Crippen LogP contribution in [0.15, 0.2) is 36.4 Å². The number of carbonyl (C=O) groups excluding carboxylic acids is 1. The number of nitrogens with one attached hydrogen (secondary N) is 1. The third-order valence-corrected chi connectivity index (χ3v) is 5.82. The third-order valence-electron chi connectivity index (χ3n) is 4.23. The first-order valence-corrected chi connectivity index (χ1v) is 10.9. The van der Waals surface area contributed by atoms with E-state index in [0.717, 1.165) is 27.3 Å². The predicted octanol–water partition coefficient (Wildman–Crippen LogP) is 4.45. The second-order valence-corrected chi connectivity index (χ2v) is 9.05. The van der Waals surface area contributed by atoms with Crippen molar-refractivity contribution in [1.82, 2.24) is 0 Å². The fourth-order valence-electron chi connectivity index (χ4n) is 3.05. The summed E-state index contributed by atoms with van der Waals surface area (Å²) >= 11 is 6.18. The predicted molar refractivity (Wildman–Crippen MR) is 112 cm³/mol. The van der Waals surface area contributed by atoms with E-state index in [1.165, 1.54) is 0 Å². The fourth-order valence-corrected chi connectivity index (χ4v) is 4.43. The molecule has 1 N–H and O–H groups in total. The summed E-state index contributed by atoms with van der Waals surface area (Å²) < 4.78 is 26.1. The average molecular weight is 409 g/mol. The van der Waals surface area contributed by atoms with Crippen LogP contribution in [0.25, 0.3) is 0 Å². The van der Waals surface area contributed by atoms with Crippen molar-refractivity contribution in [1.29, 1.82) is 0 Å². The SMILES string of the molecule is CCC(C(=O)Nc1cc(C)cc(C)c1)N(c1ccc(C)c(Cl)c1)S(C)(=O)=O. The van der Waals surface area contributed by atoms with Crippen molar-refractivity contribution in [2.75, 3.05) is 15.9 Å². The van der Waals surface area contributed by atoms with Gasteiger partial charge in [-0.3, -0.25) is 9.10 Å². The number of benzene rings is 2. The summed E-state index contributed by atoms with van der Waals surface area (Å²) in [5.74, 6) is -0.385. The molecule has 0 fully saturated rings. The van der Waals surface area contributed by atoms with Gasteiger partial charge in [0.15, 0.2) is 0 Å². The summed E-state index contributed by atoms with van der Waals surface area (Å²) in [5.41, 5.74) is 3.88. The quantitative estimate of drug-likeness (QED) is 0.767. The minimum absolute atomic E-state index is 0.315. The van der Waals surface area contributed by atoms with E-state index in [2.05, 4.69) is 5.32 Å². The molecule has 1 amide bonds. The summed E-state index contributed by atoms with van der Waals surface area (Å²) in [4.78, 5) is 12.9. The molecule has 0 heterocycles. The molecule has 2 aromatic rings. The molecule has 0 aliphatic rings. The molecule has 1 atom stereocenters. The largest absolute Gasteiger partial charge is 0.324 e. The van der Waals surface area contributed by atoms with Gasteiger partial charge in [0.2, 0.25) is 15.9 Å². The highest BCUT2D eigenvalue weighted by Crippen LogP contribution is 2.28. The van der Waals surface area contributed by atoms with Crippen LogP contribution in [0, 0.1) is 20.8 Å². The maximum atomic E-state index is 12.9. The lowest BCUT2D eigenvalue weighted by Gasteiger charge is -2.30. The van der Waals surface area contributed by atoms with Gasteiger partial charge in [0.25, 0.3) is 0 Å². The van der Waals surface area contributed by atoms with Crippen LogP contribution in [0.5, 0.6) is 0 Å². The molecule has 0 bridgehead atoms. The van der Waals surface area contributed by atoms with Crippen molar-refractivity contribution in [3.8, 4) is 0 Å². The van der Waals surface area contributed by atoms with Crippen LogP contribution in [0.2, 0.25) is 5.02 Å². The topological polar surface area (TPSA) is 66.5 Å². The minimum atomic E-state index is -3.70. The fraction of sp³-hybridized carbons (Fsp3) is 0.350. The Morgan fingerprint density at radius 3 is 2.19 bits per heavy atom. The van der Waals surface area contributed by atoms with Gasteiger partial charge >= 0.3 is 0 Å². The number of hydrogen-bond donors (Lipinski definition) is 1. The van der Waals surface area contributed by atoms with Crippen LogP contribution in [0.3, 0.4) is 0 Å². The number of sulfonamides is 1. The zero-order valence-electron chi connectivity index (χ0n) is 16.2. The maximum Gasteiger partial charge on any atom is 0.248 e. The Morgan fingerprint density at radius 2 is 1.70 bits per heavy atom. The van der Waals surface area contributed by atoms with E-state index in [1.807, 2.05) is 39.0 Å². The Kier molecular flexibility index (Phi) is 6.54. The van der Waals surface area contributed by atoms with Crippen LogP contribution in [-0.2, 0) is 14.8 Å². The standard InChI is InChI=1S/C20H25ClN2O3S/c1-6-19(20(24)22-16-10-13(2)9-14(3)11-16)23(27(5,25)26)17-8-7-15(4)18(21)12-17/h7-12,19H,6H2,1-5H3,(H,22,24). The van der Waals surface area contributed by atoms with Crippen molar-refractivity contribution in [2.45, 2.75) is 40.2 Å².